The van der Waals surface area contributed by atoms with Crippen LogP contribution in [0.5, 0.6) is 5.75 Å². The van der Waals surface area contributed by atoms with Crippen molar-refractivity contribution in [2.75, 3.05) is 31.1 Å². The number of H-pyrrole nitrogens is 1. The van der Waals surface area contributed by atoms with Crippen LogP contribution in [0.25, 0.3) is 0 Å². The van der Waals surface area contributed by atoms with E-state index in [4.69, 9.17) is 0 Å². The standard InChI is InChI=1S/C13H15N5O2/c19-11-3-1-10(2-4-11)17-5-7-18(8-6-17)13(20)12-9-14-16-15-12/h1-4,9,19H,5-8H2,(H,14,15,16). The third kappa shape index (κ3) is 2.42. The highest BCUT2D eigenvalue weighted by Gasteiger charge is 2.23. The monoisotopic (exact) mass is 273 g/mol. The lowest BCUT2D eigenvalue weighted by Crippen LogP contribution is -2.48. The molecule has 1 aromatic carbocycles. The van der Waals surface area contributed by atoms with Crippen molar-refractivity contribution in [3.05, 3.63) is 36.2 Å². The van der Waals surface area contributed by atoms with E-state index >= 15 is 0 Å². The van der Waals surface area contributed by atoms with Crippen LogP contribution in [0.2, 0.25) is 0 Å². The molecule has 1 saturated heterocycles. The molecule has 0 unspecified atom stereocenters. The molecule has 1 aliphatic heterocycles. The van der Waals surface area contributed by atoms with E-state index in [-0.39, 0.29) is 11.7 Å². The second kappa shape index (κ2) is 5.20. The van der Waals surface area contributed by atoms with E-state index in [1.54, 1.807) is 17.0 Å². The molecule has 7 heteroatoms. The van der Waals surface area contributed by atoms with Gasteiger partial charge in [-0.1, -0.05) is 0 Å². The molecule has 1 aromatic heterocycles. The van der Waals surface area contributed by atoms with E-state index in [2.05, 4.69) is 20.3 Å². The number of amides is 1. The lowest BCUT2D eigenvalue weighted by atomic mass is 10.2. The Balaban J connectivity index is 1.62. The molecule has 20 heavy (non-hydrogen) atoms. The highest BCUT2D eigenvalue weighted by Crippen LogP contribution is 2.20. The van der Waals surface area contributed by atoms with Crippen molar-refractivity contribution >= 4 is 11.6 Å². The first-order chi connectivity index (χ1) is 9.74. The molecule has 2 aromatic rings. The number of aromatic nitrogens is 3. The Morgan fingerprint density at radius 2 is 1.85 bits per heavy atom. The third-order valence-electron chi connectivity index (χ3n) is 3.42. The minimum absolute atomic E-state index is 0.0934. The molecule has 0 aliphatic carbocycles. The molecular formula is C13H15N5O2. The number of phenols is 1. The molecule has 0 saturated carbocycles. The van der Waals surface area contributed by atoms with Crippen molar-refractivity contribution in [1.29, 1.82) is 0 Å². The normalized spacial score (nSPS) is 15.4. The number of aromatic hydroxyl groups is 1. The van der Waals surface area contributed by atoms with E-state index in [1.165, 1.54) is 6.20 Å². The fraction of sp³-hybridized carbons (Fsp3) is 0.308. The fourth-order valence-electron chi connectivity index (χ4n) is 2.30. The lowest BCUT2D eigenvalue weighted by Gasteiger charge is -2.35. The summed E-state index contributed by atoms with van der Waals surface area (Å²) in [7, 11) is 0. The van der Waals surface area contributed by atoms with Crippen molar-refractivity contribution in [2.24, 2.45) is 0 Å². The largest absolute Gasteiger partial charge is 0.508 e. The molecule has 7 nitrogen and oxygen atoms in total. The van der Waals surface area contributed by atoms with Gasteiger partial charge in [0.05, 0.1) is 6.20 Å². The van der Waals surface area contributed by atoms with Crippen LogP contribution in [0.1, 0.15) is 10.5 Å². The highest BCUT2D eigenvalue weighted by atomic mass is 16.3. The van der Waals surface area contributed by atoms with Gasteiger partial charge in [0, 0.05) is 31.9 Å². The Hall–Kier alpha value is -2.57. The molecule has 2 heterocycles. The molecule has 0 atom stereocenters. The van der Waals surface area contributed by atoms with Gasteiger partial charge < -0.3 is 14.9 Å². The van der Waals surface area contributed by atoms with Gasteiger partial charge in [-0.2, -0.15) is 15.4 Å². The van der Waals surface area contributed by atoms with E-state index in [0.717, 1.165) is 18.8 Å². The van der Waals surface area contributed by atoms with Crippen molar-refractivity contribution in [3.63, 3.8) is 0 Å². The summed E-state index contributed by atoms with van der Waals surface area (Å²) in [6.45, 7) is 2.81. The first-order valence-electron chi connectivity index (χ1n) is 6.43. The van der Waals surface area contributed by atoms with Crippen LogP contribution >= 0.6 is 0 Å². The maximum absolute atomic E-state index is 12.1. The van der Waals surface area contributed by atoms with Crippen LogP contribution < -0.4 is 4.90 Å². The van der Waals surface area contributed by atoms with Crippen LogP contribution in [0.15, 0.2) is 30.5 Å². The van der Waals surface area contributed by atoms with Gasteiger partial charge in [0.15, 0.2) is 5.69 Å². The first-order valence-corrected chi connectivity index (χ1v) is 6.43. The number of hydrogen-bond donors (Lipinski definition) is 2. The van der Waals surface area contributed by atoms with Gasteiger partial charge in [0.25, 0.3) is 5.91 Å². The highest BCUT2D eigenvalue weighted by molar-refractivity contribution is 5.92. The Bertz CT molecular complexity index is 573. The van der Waals surface area contributed by atoms with Gasteiger partial charge in [0.1, 0.15) is 5.75 Å². The number of aromatic amines is 1. The Labute approximate surface area is 115 Å². The fourth-order valence-corrected chi connectivity index (χ4v) is 2.30. The molecule has 0 spiro atoms. The summed E-state index contributed by atoms with van der Waals surface area (Å²) in [6.07, 6.45) is 1.44. The molecule has 1 aliphatic rings. The molecule has 104 valence electrons. The van der Waals surface area contributed by atoms with Crippen molar-refractivity contribution in [2.45, 2.75) is 0 Å². The molecule has 3 rings (SSSR count). The van der Waals surface area contributed by atoms with Gasteiger partial charge in [-0.05, 0) is 24.3 Å². The Morgan fingerprint density at radius 3 is 2.45 bits per heavy atom. The predicted molar refractivity (Wildman–Crippen MR) is 72.6 cm³/mol. The van der Waals surface area contributed by atoms with Crippen LogP contribution in [0.4, 0.5) is 5.69 Å². The van der Waals surface area contributed by atoms with Crippen LogP contribution in [-0.4, -0.2) is 57.5 Å². The Kier molecular flexibility index (Phi) is 3.24. The quantitative estimate of drug-likeness (QED) is 0.831. The second-order valence-corrected chi connectivity index (χ2v) is 4.65. The van der Waals surface area contributed by atoms with Gasteiger partial charge in [0.2, 0.25) is 0 Å². The minimum Gasteiger partial charge on any atom is -0.508 e. The second-order valence-electron chi connectivity index (χ2n) is 4.65. The molecular weight excluding hydrogens is 258 g/mol. The summed E-state index contributed by atoms with van der Waals surface area (Å²) in [6, 6.07) is 7.10. The van der Waals surface area contributed by atoms with Gasteiger partial charge in [-0.3, -0.25) is 4.79 Å². The number of nitrogens with zero attached hydrogens (tertiary/aromatic N) is 4. The molecule has 1 amide bonds. The van der Waals surface area contributed by atoms with E-state index in [9.17, 15) is 9.90 Å². The third-order valence-corrected chi connectivity index (χ3v) is 3.42. The number of benzene rings is 1. The molecule has 0 bridgehead atoms. The number of hydrogen-bond acceptors (Lipinski definition) is 5. The zero-order chi connectivity index (χ0) is 13.9. The summed E-state index contributed by atoms with van der Waals surface area (Å²) < 4.78 is 0. The average Bonchev–Trinajstić information content (AvgIpc) is 3.02. The summed E-state index contributed by atoms with van der Waals surface area (Å²) in [5, 5.41) is 19.2. The number of piperazine rings is 1. The summed E-state index contributed by atoms with van der Waals surface area (Å²) in [5.41, 5.74) is 1.40. The van der Waals surface area contributed by atoms with E-state index < -0.39 is 0 Å². The lowest BCUT2D eigenvalue weighted by molar-refractivity contribution is 0.0741. The Morgan fingerprint density at radius 1 is 1.15 bits per heavy atom. The maximum atomic E-state index is 12.1. The maximum Gasteiger partial charge on any atom is 0.276 e. The summed E-state index contributed by atoms with van der Waals surface area (Å²) >= 11 is 0. The first kappa shape index (κ1) is 12.5. The van der Waals surface area contributed by atoms with Crippen molar-refractivity contribution < 1.29 is 9.90 Å². The number of carbonyl (C=O) groups is 1. The van der Waals surface area contributed by atoms with Gasteiger partial charge in [-0.25, -0.2) is 0 Å². The molecule has 2 N–H and O–H groups in total. The zero-order valence-corrected chi connectivity index (χ0v) is 10.9. The smallest absolute Gasteiger partial charge is 0.276 e. The van der Waals surface area contributed by atoms with Gasteiger partial charge >= 0.3 is 0 Å². The minimum atomic E-state index is -0.0934. The van der Waals surface area contributed by atoms with Crippen LogP contribution in [0.3, 0.4) is 0 Å². The topological polar surface area (TPSA) is 85.4 Å². The average molecular weight is 273 g/mol. The van der Waals surface area contributed by atoms with Gasteiger partial charge in [-0.15, -0.1) is 0 Å². The summed E-state index contributed by atoms with van der Waals surface area (Å²) in [4.78, 5) is 16.1. The van der Waals surface area contributed by atoms with Crippen LogP contribution in [-0.2, 0) is 0 Å². The number of rotatable bonds is 2. The van der Waals surface area contributed by atoms with Crippen molar-refractivity contribution in [1.82, 2.24) is 20.3 Å². The van der Waals surface area contributed by atoms with Crippen LogP contribution in [0, 0.1) is 0 Å². The summed E-state index contributed by atoms with van der Waals surface area (Å²) in [5.74, 6) is 0.165. The SMILES string of the molecule is O=C(c1cn[nH]n1)N1CCN(c2ccc(O)cc2)CC1. The predicted octanol–water partition coefficient (Wildman–Crippen LogP) is 0.473. The number of phenolic OH excluding ortho intramolecular Hbond substituents is 1. The van der Waals surface area contributed by atoms with E-state index in [1.807, 2.05) is 12.1 Å². The molecule has 1 fully saturated rings. The number of carbonyl (C=O) groups excluding carboxylic acids is 1. The number of nitrogens with one attached hydrogen (secondary N) is 1. The number of anilines is 1. The van der Waals surface area contributed by atoms with Crippen molar-refractivity contribution in [3.8, 4) is 5.75 Å². The molecule has 0 radical (unpaired) electrons. The van der Waals surface area contributed by atoms with E-state index in [0.29, 0.717) is 18.8 Å². The zero-order valence-electron chi connectivity index (χ0n) is 10.9.